The lowest BCUT2D eigenvalue weighted by molar-refractivity contribution is -0.138. The van der Waals surface area contributed by atoms with E-state index in [0.29, 0.717) is 29.6 Å². The molecule has 1 saturated heterocycles. The quantitative estimate of drug-likeness (QED) is 0.700. The number of epoxide rings is 1. The van der Waals surface area contributed by atoms with Crippen LogP contribution in [0.15, 0.2) is 0 Å². The predicted octanol–water partition coefficient (Wildman–Crippen LogP) is 3.09. The van der Waals surface area contributed by atoms with E-state index >= 15 is 0 Å². The van der Waals surface area contributed by atoms with Crippen molar-refractivity contribution < 1.29 is 14.6 Å². The van der Waals surface area contributed by atoms with Crippen LogP contribution in [0, 0.1) is 28.6 Å². The van der Waals surface area contributed by atoms with Crippen LogP contribution in [0.5, 0.6) is 0 Å². The van der Waals surface area contributed by atoms with Crippen molar-refractivity contribution in [3.8, 4) is 0 Å². The number of aliphatic hydroxyl groups excluding tert-OH is 1. The minimum Gasteiger partial charge on any atom is -0.393 e. The van der Waals surface area contributed by atoms with Crippen molar-refractivity contribution in [1.82, 2.24) is 0 Å². The second-order valence-corrected chi connectivity index (χ2v) is 9.34. The van der Waals surface area contributed by atoms with E-state index in [9.17, 15) is 9.90 Å². The second-order valence-electron chi connectivity index (χ2n) is 9.34. The molecule has 4 aliphatic carbocycles. The molecule has 0 aromatic heterocycles. The average Bonchev–Trinajstić information content (AvgIpc) is 3.08. The molecule has 122 valence electrons. The number of hydrogen-bond donors (Lipinski definition) is 1. The van der Waals surface area contributed by atoms with Gasteiger partial charge in [-0.25, -0.2) is 0 Å². The lowest BCUT2D eigenvalue weighted by Gasteiger charge is -2.58. The standard InChI is InChI=1S/C19H28O3/c1-17-7-6-14-12(13(17)3-4-15(17)21)9-16-19(22-16)10-11(20)5-8-18(14,19)2/h11-14,16,20H,3-10H2,1-2H3/t11?,12?,13?,14?,16-,17-,18+,19-/m0/s1. The van der Waals surface area contributed by atoms with Gasteiger partial charge in [0.1, 0.15) is 11.4 Å². The maximum Gasteiger partial charge on any atom is 0.139 e. The summed E-state index contributed by atoms with van der Waals surface area (Å²) in [7, 11) is 0. The molecule has 1 heterocycles. The zero-order valence-electron chi connectivity index (χ0n) is 13.8. The number of carbonyl (C=O) groups is 1. The number of Topliss-reactive ketones (excluding diaryl/α,β-unsaturated/α-hetero) is 1. The van der Waals surface area contributed by atoms with E-state index in [0.717, 1.165) is 44.9 Å². The monoisotopic (exact) mass is 304 g/mol. The molecule has 0 aromatic rings. The fourth-order valence-corrected chi connectivity index (χ4v) is 7.43. The van der Waals surface area contributed by atoms with Crippen LogP contribution in [0.4, 0.5) is 0 Å². The Bertz CT molecular complexity index is 545. The molecule has 5 fully saturated rings. The third kappa shape index (κ3) is 1.40. The second kappa shape index (κ2) is 3.97. The summed E-state index contributed by atoms with van der Waals surface area (Å²) in [5.74, 6) is 2.48. The zero-order valence-corrected chi connectivity index (χ0v) is 13.8. The molecule has 3 nitrogen and oxygen atoms in total. The van der Waals surface area contributed by atoms with E-state index in [4.69, 9.17) is 4.74 Å². The van der Waals surface area contributed by atoms with Crippen LogP contribution in [0.2, 0.25) is 0 Å². The molecule has 0 amide bonds. The summed E-state index contributed by atoms with van der Waals surface area (Å²) in [6, 6.07) is 0. The van der Waals surface area contributed by atoms with Crippen molar-refractivity contribution >= 4 is 5.78 Å². The molecular formula is C19H28O3. The van der Waals surface area contributed by atoms with Gasteiger partial charge < -0.3 is 9.84 Å². The number of ether oxygens (including phenoxy) is 1. The fourth-order valence-electron chi connectivity index (χ4n) is 7.43. The topological polar surface area (TPSA) is 49.8 Å². The molecule has 5 rings (SSSR count). The first-order chi connectivity index (χ1) is 10.4. The van der Waals surface area contributed by atoms with E-state index in [-0.39, 0.29) is 22.5 Å². The van der Waals surface area contributed by atoms with Gasteiger partial charge in [0.15, 0.2) is 0 Å². The first-order valence-corrected chi connectivity index (χ1v) is 9.30. The van der Waals surface area contributed by atoms with Crippen molar-refractivity contribution in [2.45, 2.75) is 83.0 Å². The first-order valence-electron chi connectivity index (χ1n) is 9.30. The number of aliphatic hydroxyl groups is 1. The van der Waals surface area contributed by atoms with Gasteiger partial charge >= 0.3 is 0 Å². The van der Waals surface area contributed by atoms with Gasteiger partial charge in [-0.15, -0.1) is 0 Å². The highest BCUT2D eigenvalue weighted by Gasteiger charge is 2.76. The molecule has 22 heavy (non-hydrogen) atoms. The van der Waals surface area contributed by atoms with Gasteiger partial charge in [0, 0.05) is 23.7 Å². The fraction of sp³-hybridized carbons (Fsp3) is 0.947. The Morgan fingerprint density at radius 2 is 1.95 bits per heavy atom. The van der Waals surface area contributed by atoms with Crippen molar-refractivity contribution in [3.63, 3.8) is 0 Å². The van der Waals surface area contributed by atoms with Gasteiger partial charge in [-0.2, -0.15) is 0 Å². The Kier molecular flexibility index (Phi) is 2.52. The third-order valence-electron chi connectivity index (χ3n) is 8.77. The van der Waals surface area contributed by atoms with Gasteiger partial charge in [-0.3, -0.25) is 4.79 Å². The van der Waals surface area contributed by atoms with Gasteiger partial charge in [0.05, 0.1) is 12.2 Å². The Hall–Kier alpha value is -0.410. The molecule has 1 aliphatic heterocycles. The number of rotatable bonds is 0. The van der Waals surface area contributed by atoms with E-state index in [1.807, 2.05) is 0 Å². The van der Waals surface area contributed by atoms with Crippen molar-refractivity contribution in [2.75, 3.05) is 0 Å². The zero-order chi connectivity index (χ0) is 15.3. The van der Waals surface area contributed by atoms with E-state index in [2.05, 4.69) is 13.8 Å². The number of ketones is 1. The summed E-state index contributed by atoms with van der Waals surface area (Å²) in [6.07, 6.45) is 8.37. The molecule has 1 spiro atoms. The number of fused-ring (bicyclic) bond motifs is 4. The predicted molar refractivity (Wildman–Crippen MR) is 82.2 cm³/mol. The maximum absolute atomic E-state index is 12.4. The van der Waals surface area contributed by atoms with Crippen molar-refractivity contribution in [2.24, 2.45) is 28.6 Å². The molecule has 4 saturated carbocycles. The molecule has 0 bridgehead atoms. The van der Waals surface area contributed by atoms with Gasteiger partial charge in [-0.1, -0.05) is 13.8 Å². The summed E-state index contributed by atoms with van der Waals surface area (Å²) in [4.78, 5) is 12.4. The summed E-state index contributed by atoms with van der Waals surface area (Å²) < 4.78 is 6.30. The van der Waals surface area contributed by atoms with Crippen LogP contribution in [-0.2, 0) is 9.53 Å². The van der Waals surface area contributed by atoms with Gasteiger partial charge in [-0.05, 0) is 56.3 Å². The highest BCUT2D eigenvalue weighted by atomic mass is 16.6. The molecule has 3 heteroatoms. The Balaban J connectivity index is 1.53. The largest absolute Gasteiger partial charge is 0.393 e. The number of hydrogen-bond acceptors (Lipinski definition) is 3. The summed E-state index contributed by atoms with van der Waals surface area (Å²) >= 11 is 0. The normalized spacial score (nSPS) is 62.7. The van der Waals surface area contributed by atoms with Gasteiger partial charge in [0.2, 0.25) is 0 Å². The lowest BCUT2D eigenvalue weighted by atomic mass is 9.45. The lowest BCUT2D eigenvalue weighted by Crippen LogP contribution is -2.58. The van der Waals surface area contributed by atoms with Crippen LogP contribution in [0.25, 0.3) is 0 Å². The maximum atomic E-state index is 12.4. The molecule has 0 aromatic carbocycles. The highest BCUT2D eigenvalue weighted by Crippen LogP contribution is 2.72. The minimum atomic E-state index is -0.170. The average molecular weight is 304 g/mol. The van der Waals surface area contributed by atoms with Crippen LogP contribution in [0.3, 0.4) is 0 Å². The van der Waals surface area contributed by atoms with Crippen LogP contribution < -0.4 is 0 Å². The van der Waals surface area contributed by atoms with E-state index in [1.54, 1.807) is 0 Å². The smallest absolute Gasteiger partial charge is 0.139 e. The molecule has 4 unspecified atom stereocenters. The Morgan fingerprint density at radius 1 is 1.14 bits per heavy atom. The third-order valence-corrected chi connectivity index (χ3v) is 8.77. The van der Waals surface area contributed by atoms with Crippen molar-refractivity contribution in [3.05, 3.63) is 0 Å². The molecule has 0 radical (unpaired) electrons. The van der Waals surface area contributed by atoms with Gasteiger partial charge in [0.25, 0.3) is 0 Å². The SMILES string of the molecule is C[C@]12CCC3C(C[C@@H]4O[C@@]45CC(O)CC[C@]35C)C1CCC2=O. The van der Waals surface area contributed by atoms with Crippen LogP contribution >= 0.6 is 0 Å². The van der Waals surface area contributed by atoms with Crippen LogP contribution in [-0.4, -0.2) is 28.7 Å². The van der Waals surface area contributed by atoms with Crippen LogP contribution in [0.1, 0.15) is 65.2 Å². The molecule has 5 aliphatic rings. The number of carbonyl (C=O) groups excluding carboxylic acids is 1. The summed E-state index contributed by atoms with van der Waals surface area (Å²) in [5, 5.41) is 10.2. The molecular weight excluding hydrogens is 276 g/mol. The van der Waals surface area contributed by atoms with Crippen molar-refractivity contribution in [1.29, 1.82) is 0 Å². The van der Waals surface area contributed by atoms with E-state index < -0.39 is 0 Å². The Morgan fingerprint density at radius 3 is 2.77 bits per heavy atom. The van der Waals surface area contributed by atoms with E-state index in [1.165, 1.54) is 6.42 Å². The Labute approximate surface area is 132 Å². The first kappa shape index (κ1) is 14.0. The minimum absolute atomic E-state index is 0.0256. The highest BCUT2D eigenvalue weighted by molar-refractivity contribution is 5.87. The summed E-state index contributed by atoms with van der Waals surface area (Å²) in [5.41, 5.74) is 0.162. The molecule has 1 N–H and O–H groups in total. The molecule has 8 atom stereocenters. The summed E-state index contributed by atoms with van der Waals surface area (Å²) in [6.45, 7) is 4.68.